The van der Waals surface area contributed by atoms with Gasteiger partial charge in [0.15, 0.2) is 0 Å². The van der Waals surface area contributed by atoms with Gasteiger partial charge in [-0.2, -0.15) is 5.26 Å². The Bertz CT molecular complexity index is 706. The lowest BCUT2D eigenvalue weighted by Crippen LogP contribution is -2.28. The Labute approximate surface area is 129 Å². The molecule has 1 aliphatic heterocycles. The lowest BCUT2D eigenvalue weighted by molar-refractivity contribution is -0.122. The minimum atomic E-state index is -0.0665. The number of rotatable bonds is 4. The van der Waals surface area contributed by atoms with Gasteiger partial charge < -0.3 is 5.32 Å². The molecule has 110 valence electrons. The van der Waals surface area contributed by atoms with Crippen LogP contribution in [0.2, 0.25) is 0 Å². The van der Waals surface area contributed by atoms with Gasteiger partial charge in [0.25, 0.3) is 0 Å². The number of hydrogen-bond donors (Lipinski definition) is 1. The Balaban J connectivity index is 1.66. The van der Waals surface area contributed by atoms with Crippen LogP contribution in [0.1, 0.15) is 23.1 Å². The van der Waals surface area contributed by atoms with Crippen LogP contribution in [0.25, 0.3) is 0 Å². The van der Waals surface area contributed by atoms with Crippen LogP contribution < -0.4 is 5.32 Å². The molecule has 1 saturated heterocycles. The first-order chi connectivity index (χ1) is 10.8. The van der Waals surface area contributed by atoms with E-state index in [1.807, 2.05) is 24.3 Å². The quantitative estimate of drug-likeness (QED) is 0.939. The second-order valence-corrected chi connectivity index (χ2v) is 5.68. The number of pyridine rings is 1. The predicted octanol–water partition coefficient (Wildman–Crippen LogP) is 2.24. The van der Waals surface area contributed by atoms with Gasteiger partial charge in [0.2, 0.25) is 5.91 Å². The normalized spacial score (nSPS) is 20.4. The number of nitriles is 1. The number of benzene rings is 1. The van der Waals surface area contributed by atoms with E-state index in [1.54, 1.807) is 12.4 Å². The average Bonchev–Trinajstić information content (AvgIpc) is 2.88. The largest absolute Gasteiger partial charge is 0.353 e. The summed E-state index contributed by atoms with van der Waals surface area (Å²) in [6, 6.07) is 14.3. The van der Waals surface area contributed by atoms with Crippen molar-refractivity contribution in [1.29, 1.82) is 5.26 Å². The minimum absolute atomic E-state index is 0.0665. The average molecular weight is 291 g/mol. The Morgan fingerprint density at radius 1 is 1.23 bits per heavy atom. The SMILES string of the molecule is N#Cc1cnccc1CC1C[C@H](Cc2ccccc2)NC1=O. The van der Waals surface area contributed by atoms with Crippen LogP contribution in [-0.2, 0) is 17.6 Å². The van der Waals surface area contributed by atoms with Gasteiger partial charge in [0.1, 0.15) is 6.07 Å². The van der Waals surface area contributed by atoms with Crippen LogP contribution in [-0.4, -0.2) is 16.9 Å². The van der Waals surface area contributed by atoms with E-state index in [2.05, 4.69) is 28.5 Å². The highest BCUT2D eigenvalue weighted by molar-refractivity contribution is 5.81. The zero-order valence-corrected chi connectivity index (χ0v) is 12.2. The van der Waals surface area contributed by atoms with E-state index >= 15 is 0 Å². The van der Waals surface area contributed by atoms with Crippen molar-refractivity contribution < 1.29 is 4.79 Å². The topological polar surface area (TPSA) is 65.8 Å². The molecule has 1 fully saturated rings. The maximum absolute atomic E-state index is 12.2. The van der Waals surface area contributed by atoms with Gasteiger partial charge in [-0.25, -0.2) is 0 Å². The van der Waals surface area contributed by atoms with Gasteiger partial charge >= 0.3 is 0 Å². The molecule has 2 heterocycles. The second-order valence-electron chi connectivity index (χ2n) is 5.68. The number of nitrogens with one attached hydrogen (secondary N) is 1. The molecule has 0 aliphatic carbocycles. The summed E-state index contributed by atoms with van der Waals surface area (Å²) in [6.45, 7) is 0. The van der Waals surface area contributed by atoms with Gasteiger partial charge in [0.05, 0.1) is 5.56 Å². The molecule has 1 unspecified atom stereocenters. The van der Waals surface area contributed by atoms with E-state index in [1.165, 1.54) is 5.56 Å². The summed E-state index contributed by atoms with van der Waals surface area (Å²) in [6.07, 6.45) is 5.49. The van der Waals surface area contributed by atoms with E-state index in [0.29, 0.717) is 12.0 Å². The zero-order valence-electron chi connectivity index (χ0n) is 12.2. The molecule has 2 aromatic rings. The summed E-state index contributed by atoms with van der Waals surface area (Å²) in [4.78, 5) is 16.1. The molecule has 2 atom stereocenters. The fraction of sp³-hybridized carbons (Fsp3) is 0.278. The summed E-state index contributed by atoms with van der Waals surface area (Å²) in [7, 11) is 0. The van der Waals surface area contributed by atoms with Crippen LogP contribution in [0.15, 0.2) is 48.8 Å². The highest BCUT2D eigenvalue weighted by Gasteiger charge is 2.32. The van der Waals surface area contributed by atoms with Gasteiger partial charge in [-0.3, -0.25) is 9.78 Å². The highest BCUT2D eigenvalue weighted by Crippen LogP contribution is 2.23. The molecule has 0 spiro atoms. The van der Waals surface area contributed by atoms with Crippen LogP contribution in [0.5, 0.6) is 0 Å². The Morgan fingerprint density at radius 3 is 2.82 bits per heavy atom. The van der Waals surface area contributed by atoms with E-state index in [-0.39, 0.29) is 17.9 Å². The molecule has 4 nitrogen and oxygen atoms in total. The molecule has 1 amide bonds. The Morgan fingerprint density at radius 2 is 2.05 bits per heavy atom. The van der Waals surface area contributed by atoms with E-state index < -0.39 is 0 Å². The molecule has 1 N–H and O–H groups in total. The highest BCUT2D eigenvalue weighted by atomic mass is 16.2. The maximum Gasteiger partial charge on any atom is 0.223 e. The molecule has 3 rings (SSSR count). The summed E-state index contributed by atoms with van der Waals surface area (Å²) < 4.78 is 0. The Kier molecular flexibility index (Phi) is 4.15. The summed E-state index contributed by atoms with van der Waals surface area (Å²) in [5.41, 5.74) is 2.69. The number of carbonyl (C=O) groups excluding carboxylic acids is 1. The molecule has 1 aromatic heterocycles. The number of carbonyl (C=O) groups is 1. The fourth-order valence-electron chi connectivity index (χ4n) is 3.00. The van der Waals surface area contributed by atoms with Crippen LogP contribution >= 0.6 is 0 Å². The van der Waals surface area contributed by atoms with Crippen molar-refractivity contribution >= 4 is 5.91 Å². The van der Waals surface area contributed by atoms with Gasteiger partial charge in [-0.05, 0) is 36.5 Å². The molecule has 1 aliphatic rings. The Hall–Kier alpha value is -2.67. The summed E-state index contributed by atoms with van der Waals surface area (Å²) >= 11 is 0. The predicted molar refractivity (Wildman–Crippen MR) is 82.8 cm³/mol. The standard InChI is InChI=1S/C18H17N3O/c19-11-16-12-20-7-6-14(16)9-15-10-17(21-18(15)22)8-13-4-2-1-3-5-13/h1-7,12,15,17H,8-10H2,(H,21,22)/t15?,17-/m0/s1. The molecule has 0 bridgehead atoms. The third-order valence-corrected chi connectivity index (χ3v) is 4.11. The maximum atomic E-state index is 12.2. The molecule has 0 radical (unpaired) electrons. The van der Waals surface area contributed by atoms with Crippen LogP contribution in [0.4, 0.5) is 0 Å². The first-order valence-electron chi connectivity index (χ1n) is 7.43. The van der Waals surface area contributed by atoms with E-state index in [9.17, 15) is 4.79 Å². The number of hydrogen-bond acceptors (Lipinski definition) is 3. The molecule has 4 heteroatoms. The molecule has 1 aromatic carbocycles. The lowest BCUT2D eigenvalue weighted by Gasteiger charge is -2.10. The lowest BCUT2D eigenvalue weighted by atomic mass is 9.93. The minimum Gasteiger partial charge on any atom is -0.353 e. The monoisotopic (exact) mass is 291 g/mol. The van der Waals surface area contributed by atoms with E-state index in [0.717, 1.165) is 18.4 Å². The molecular formula is C18H17N3O. The van der Waals surface area contributed by atoms with Crippen molar-refractivity contribution in [3.8, 4) is 6.07 Å². The second kappa shape index (κ2) is 6.40. The molecular weight excluding hydrogens is 274 g/mol. The van der Waals surface area contributed by atoms with Crippen molar-refractivity contribution in [2.75, 3.05) is 0 Å². The number of nitrogens with zero attached hydrogens (tertiary/aromatic N) is 2. The van der Waals surface area contributed by atoms with Crippen molar-refractivity contribution in [2.45, 2.75) is 25.3 Å². The van der Waals surface area contributed by atoms with Crippen LogP contribution in [0.3, 0.4) is 0 Å². The smallest absolute Gasteiger partial charge is 0.223 e. The summed E-state index contributed by atoms with van der Waals surface area (Å²) in [5.74, 6) is 0.0184. The van der Waals surface area contributed by atoms with E-state index in [4.69, 9.17) is 5.26 Å². The van der Waals surface area contributed by atoms with Crippen LogP contribution in [0, 0.1) is 17.2 Å². The van der Waals surface area contributed by atoms with Gasteiger partial charge in [-0.15, -0.1) is 0 Å². The molecule has 0 saturated carbocycles. The zero-order chi connectivity index (χ0) is 15.4. The third kappa shape index (κ3) is 3.15. The molecule has 22 heavy (non-hydrogen) atoms. The van der Waals surface area contributed by atoms with Crippen molar-refractivity contribution in [3.63, 3.8) is 0 Å². The third-order valence-electron chi connectivity index (χ3n) is 4.11. The first kappa shape index (κ1) is 14.3. The fourth-order valence-corrected chi connectivity index (χ4v) is 3.00. The number of amides is 1. The summed E-state index contributed by atoms with van der Waals surface area (Å²) in [5, 5.41) is 12.2. The van der Waals surface area contributed by atoms with Crippen molar-refractivity contribution in [2.24, 2.45) is 5.92 Å². The van der Waals surface area contributed by atoms with Crippen molar-refractivity contribution in [3.05, 3.63) is 65.5 Å². The van der Waals surface area contributed by atoms with Gasteiger partial charge in [0, 0.05) is 24.4 Å². The first-order valence-corrected chi connectivity index (χ1v) is 7.43. The van der Waals surface area contributed by atoms with Crippen molar-refractivity contribution in [1.82, 2.24) is 10.3 Å². The van der Waals surface area contributed by atoms with Gasteiger partial charge in [-0.1, -0.05) is 30.3 Å². The number of aromatic nitrogens is 1.